The summed E-state index contributed by atoms with van der Waals surface area (Å²) in [4.78, 5) is 12.5. The molecule has 0 aliphatic rings. The van der Waals surface area contributed by atoms with Gasteiger partial charge in [-0.3, -0.25) is 0 Å². The Balaban J connectivity index is 2.07. The van der Waals surface area contributed by atoms with Crippen LogP contribution in [-0.2, 0) is 0 Å². The minimum absolute atomic E-state index is 0.0944. The Kier molecular flexibility index (Phi) is 2.59. The summed E-state index contributed by atoms with van der Waals surface area (Å²) in [7, 11) is 0. The van der Waals surface area contributed by atoms with E-state index in [0.29, 0.717) is 10.5 Å². The summed E-state index contributed by atoms with van der Waals surface area (Å²) in [5.74, 6) is 0. The first-order valence-electron chi connectivity index (χ1n) is 6.54. The van der Waals surface area contributed by atoms with Crippen LogP contribution < -0.4 is 10.1 Å². The van der Waals surface area contributed by atoms with Crippen LogP contribution >= 0.6 is 11.6 Å². The van der Waals surface area contributed by atoms with Crippen molar-refractivity contribution in [2.75, 3.05) is 0 Å². The summed E-state index contributed by atoms with van der Waals surface area (Å²) >= 11 is 5.89. The summed E-state index contributed by atoms with van der Waals surface area (Å²) in [6.45, 7) is 0. The van der Waals surface area contributed by atoms with E-state index in [0.717, 1.165) is 16.6 Å². The molecule has 0 aliphatic carbocycles. The molecule has 2 aromatic carbocycles. The molecule has 0 saturated carbocycles. The van der Waals surface area contributed by atoms with Crippen LogP contribution in [0, 0.1) is 0 Å². The molecular weight excluding hydrogens is 286 g/mol. The molecule has 0 atom stereocenters. The summed E-state index contributed by atoms with van der Waals surface area (Å²) in [5, 5.41) is 4.83. The Morgan fingerprint density at radius 3 is 2.48 bits per heavy atom. The number of H-pyrrole nitrogens is 1. The van der Waals surface area contributed by atoms with Gasteiger partial charge in [0.1, 0.15) is 0 Å². The molecule has 0 unspecified atom stereocenters. The summed E-state index contributed by atoms with van der Waals surface area (Å²) < 4.78 is 3.31. The lowest BCUT2D eigenvalue weighted by Crippen LogP contribution is -2.25. The Morgan fingerprint density at radius 1 is 0.905 bits per heavy atom. The minimum Gasteiger partial charge on any atom is -0.234 e. The lowest BCUT2D eigenvalue weighted by Gasteiger charge is -1.95. The van der Waals surface area contributed by atoms with Crippen molar-refractivity contribution < 1.29 is 4.52 Å². The van der Waals surface area contributed by atoms with Gasteiger partial charge < -0.3 is 0 Å². The minimum atomic E-state index is -0.0944. The van der Waals surface area contributed by atoms with Gasteiger partial charge in [-0.25, -0.2) is 4.79 Å². The first-order chi connectivity index (χ1) is 10.2. The van der Waals surface area contributed by atoms with Crippen LogP contribution in [0.2, 0.25) is 5.02 Å². The van der Waals surface area contributed by atoms with Gasteiger partial charge in [0.2, 0.25) is 5.52 Å². The van der Waals surface area contributed by atoms with Crippen LogP contribution in [0.25, 0.3) is 22.1 Å². The van der Waals surface area contributed by atoms with Crippen molar-refractivity contribution in [2.45, 2.75) is 0 Å². The van der Waals surface area contributed by atoms with E-state index in [1.807, 2.05) is 48.5 Å². The zero-order valence-electron chi connectivity index (χ0n) is 11.0. The summed E-state index contributed by atoms with van der Waals surface area (Å²) in [6.07, 6.45) is 0. The number of rotatable bonds is 1. The van der Waals surface area contributed by atoms with Crippen LogP contribution in [0.3, 0.4) is 0 Å². The van der Waals surface area contributed by atoms with Gasteiger partial charge in [-0.15, -0.1) is 4.52 Å². The normalized spacial score (nSPS) is 11.3. The Morgan fingerprint density at radius 2 is 1.67 bits per heavy atom. The maximum absolute atomic E-state index is 12.5. The molecule has 4 aromatic rings. The second kappa shape index (κ2) is 4.46. The number of halogens is 1. The van der Waals surface area contributed by atoms with E-state index < -0.39 is 0 Å². The Bertz CT molecular complexity index is 1020. The number of hydrogen-bond acceptors (Lipinski definition) is 1. The summed E-state index contributed by atoms with van der Waals surface area (Å²) in [6, 6.07) is 18.8. The quantitative estimate of drug-likeness (QED) is 0.539. The third kappa shape index (κ3) is 1.84. The fourth-order valence-corrected chi connectivity index (χ4v) is 2.63. The Hall–Kier alpha value is -2.59. The molecule has 2 heterocycles. The third-order valence-corrected chi connectivity index (χ3v) is 3.80. The molecule has 5 heteroatoms. The van der Waals surface area contributed by atoms with E-state index >= 15 is 0 Å². The molecule has 0 amide bonds. The van der Waals surface area contributed by atoms with E-state index in [4.69, 9.17) is 11.6 Å². The fourth-order valence-electron chi connectivity index (χ4n) is 2.50. The van der Waals surface area contributed by atoms with Crippen LogP contribution in [0.5, 0.6) is 0 Å². The highest BCUT2D eigenvalue weighted by molar-refractivity contribution is 6.30. The van der Waals surface area contributed by atoms with Gasteiger partial charge in [-0.1, -0.05) is 39.7 Å². The number of fused-ring (bicyclic) bond motifs is 3. The maximum atomic E-state index is 12.5. The van der Waals surface area contributed by atoms with Crippen molar-refractivity contribution in [3.05, 3.63) is 76.0 Å². The second-order valence-electron chi connectivity index (χ2n) is 4.83. The lowest BCUT2D eigenvalue weighted by atomic mass is 10.2. The van der Waals surface area contributed by atoms with Crippen LogP contribution in [-0.4, -0.2) is 9.90 Å². The number of nitrogens with zero attached hydrogens (tertiary/aromatic N) is 2. The average Bonchev–Trinajstić information content (AvgIpc) is 2.86. The average molecular weight is 297 g/mol. The molecule has 4 rings (SSSR count). The van der Waals surface area contributed by atoms with Gasteiger partial charge in [-0.05, 0) is 42.5 Å². The smallest absolute Gasteiger partial charge is 0.234 e. The van der Waals surface area contributed by atoms with E-state index in [1.165, 1.54) is 4.68 Å². The topological polar surface area (TPSA) is 41.9 Å². The maximum Gasteiger partial charge on any atom is 0.406 e. The molecule has 0 aliphatic heterocycles. The molecule has 2 aromatic heterocycles. The van der Waals surface area contributed by atoms with Crippen molar-refractivity contribution in [3.8, 4) is 5.69 Å². The van der Waals surface area contributed by atoms with Crippen molar-refractivity contribution in [1.82, 2.24) is 9.90 Å². The van der Waals surface area contributed by atoms with Gasteiger partial charge in [0.25, 0.3) is 0 Å². The summed E-state index contributed by atoms with van der Waals surface area (Å²) in [5.41, 5.74) is 2.21. The number of hydrogen-bond donors (Lipinski definition) is 1. The number of pyridine rings is 1. The predicted octanol–water partition coefficient (Wildman–Crippen LogP) is 2.71. The molecule has 0 bridgehead atoms. The molecule has 102 valence electrons. The highest BCUT2D eigenvalue weighted by Crippen LogP contribution is 2.12. The largest absolute Gasteiger partial charge is 0.406 e. The number of para-hydroxylation sites is 1. The number of aromatic amines is 1. The molecule has 21 heavy (non-hydrogen) atoms. The van der Waals surface area contributed by atoms with Crippen molar-refractivity contribution in [1.29, 1.82) is 0 Å². The second-order valence-corrected chi connectivity index (χ2v) is 5.27. The first-order valence-corrected chi connectivity index (χ1v) is 6.92. The van der Waals surface area contributed by atoms with Crippen molar-refractivity contribution in [2.24, 2.45) is 0 Å². The van der Waals surface area contributed by atoms with Crippen molar-refractivity contribution >= 4 is 28.0 Å². The number of nitrogens with one attached hydrogen (secondary N) is 1. The van der Waals surface area contributed by atoms with E-state index in [1.54, 1.807) is 16.6 Å². The first kappa shape index (κ1) is 12.2. The highest BCUT2D eigenvalue weighted by atomic mass is 35.5. The highest BCUT2D eigenvalue weighted by Gasteiger charge is 2.18. The Labute approximate surface area is 124 Å². The third-order valence-electron chi connectivity index (χ3n) is 3.55. The standard InChI is InChI=1S/C16H10ClN3O/c17-12-6-8-13(9-7-12)19-16(21)15-10-5-11-3-1-2-4-14(11)20(15)18-19/h1-10H/p+1. The fraction of sp³-hybridized carbons (Fsp3) is 0. The zero-order valence-corrected chi connectivity index (χ0v) is 11.7. The van der Waals surface area contributed by atoms with Gasteiger partial charge >= 0.3 is 5.56 Å². The van der Waals surface area contributed by atoms with Crippen molar-refractivity contribution in [3.63, 3.8) is 0 Å². The predicted molar refractivity (Wildman–Crippen MR) is 82.1 cm³/mol. The van der Waals surface area contributed by atoms with Crippen LogP contribution in [0.15, 0.2) is 65.5 Å². The number of benzene rings is 2. The zero-order chi connectivity index (χ0) is 14.4. The number of aromatic nitrogens is 3. The molecular formula is C16H11ClN3O+. The van der Waals surface area contributed by atoms with Crippen LogP contribution in [0.4, 0.5) is 0 Å². The van der Waals surface area contributed by atoms with Gasteiger partial charge in [0.05, 0.1) is 0 Å². The van der Waals surface area contributed by atoms with Gasteiger partial charge in [0.15, 0.2) is 11.2 Å². The molecule has 0 saturated heterocycles. The van der Waals surface area contributed by atoms with E-state index in [-0.39, 0.29) is 5.56 Å². The molecule has 0 fully saturated rings. The van der Waals surface area contributed by atoms with Crippen LogP contribution in [0.1, 0.15) is 0 Å². The molecule has 0 radical (unpaired) electrons. The lowest BCUT2D eigenvalue weighted by molar-refractivity contribution is -0.555. The molecule has 4 nitrogen and oxygen atoms in total. The SMILES string of the molecule is O=c1c2ccc3ccccc3[n+]2[nH]n1-c1ccc(Cl)cc1. The molecule has 1 N–H and O–H groups in total. The van der Waals surface area contributed by atoms with E-state index in [9.17, 15) is 4.79 Å². The van der Waals surface area contributed by atoms with Gasteiger partial charge in [0, 0.05) is 10.4 Å². The van der Waals surface area contributed by atoms with E-state index in [2.05, 4.69) is 5.21 Å². The molecule has 0 spiro atoms. The monoisotopic (exact) mass is 296 g/mol. The van der Waals surface area contributed by atoms with Gasteiger partial charge in [-0.2, -0.15) is 0 Å².